The van der Waals surface area contributed by atoms with Crippen LogP contribution in [0.2, 0.25) is 0 Å². The maximum absolute atomic E-state index is 12.6. The van der Waals surface area contributed by atoms with Crippen LogP contribution in [-0.2, 0) is 14.3 Å². The lowest BCUT2D eigenvalue weighted by Crippen LogP contribution is -2.49. The quantitative estimate of drug-likeness (QED) is 0.424. The van der Waals surface area contributed by atoms with E-state index in [0.29, 0.717) is 17.8 Å². The molecule has 0 aliphatic rings. The summed E-state index contributed by atoms with van der Waals surface area (Å²) < 4.78 is 15.9. The molecule has 2 aromatic carbocycles. The van der Waals surface area contributed by atoms with Gasteiger partial charge in [0.15, 0.2) is 6.10 Å². The highest BCUT2D eigenvalue weighted by molar-refractivity contribution is 5.94. The third kappa shape index (κ3) is 5.17. The SMILES string of the molecule is CC[C@@H](C)[C@@H](NC(=O)[C@@H](C)Oc1ccc2c(-c3ccccc3)cc(=O)oc2c1)C(=O)OC. The van der Waals surface area contributed by atoms with Crippen molar-refractivity contribution in [1.29, 1.82) is 0 Å². The minimum absolute atomic E-state index is 0.0926. The molecule has 0 aliphatic carbocycles. The van der Waals surface area contributed by atoms with E-state index in [1.165, 1.54) is 13.2 Å². The van der Waals surface area contributed by atoms with Gasteiger partial charge in [0.1, 0.15) is 17.4 Å². The fraction of sp³-hybridized carbons (Fsp3) is 0.320. The molecular formula is C25H27NO6. The van der Waals surface area contributed by atoms with Crippen molar-refractivity contribution in [3.63, 3.8) is 0 Å². The normalized spacial score (nSPS) is 13.8. The first-order valence-corrected chi connectivity index (χ1v) is 10.5. The molecule has 7 heteroatoms. The summed E-state index contributed by atoms with van der Waals surface area (Å²) in [6.45, 7) is 5.38. The molecule has 1 aromatic heterocycles. The van der Waals surface area contributed by atoms with E-state index >= 15 is 0 Å². The van der Waals surface area contributed by atoms with Crippen LogP contribution in [0.15, 0.2) is 63.8 Å². The van der Waals surface area contributed by atoms with E-state index in [0.717, 1.165) is 16.5 Å². The van der Waals surface area contributed by atoms with E-state index < -0.39 is 29.6 Å². The molecule has 0 saturated heterocycles. The second-order valence-electron chi connectivity index (χ2n) is 7.66. The predicted octanol–water partition coefficient (Wildman–Crippen LogP) is 3.93. The molecule has 32 heavy (non-hydrogen) atoms. The second-order valence-corrected chi connectivity index (χ2v) is 7.66. The molecule has 0 radical (unpaired) electrons. The molecule has 1 amide bonds. The van der Waals surface area contributed by atoms with Crippen molar-refractivity contribution < 1.29 is 23.5 Å². The molecule has 7 nitrogen and oxygen atoms in total. The zero-order valence-electron chi connectivity index (χ0n) is 18.6. The van der Waals surface area contributed by atoms with Gasteiger partial charge in [-0.3, -0.25) is 4.79 Å². The molecule has 1 heterocycles. The van der Waals surface area contributed by atoms with Crippen molar-refractivity contribution in [1.82, 2.24) is 5.32 Å². The topological polar surface area (TPSA) is 94.8 Å². The Balaban J connectivity index is 1.82. The van der Waals surface area contributed by atoms with Gasteiger partial charge in [0.2, 0.25) is 0 Å². The minimum atomic E-state index is -0.882. The first-order valence-electron chi connectivity index (χ1n) is 10.5. The highest BCUT2D eigenvalue weighted by Gasteiger charge is 2.29. The van der Waals surface area contributed by atoms with E-state index in [1.807, 2.05) is 44.2 Å². The molecule has 0 spiro atoms. The number of hydrogen-bond donors (Lipinski definition) is 1. The Morgan fingerprint density at radius 1 is 1.06 bits per heavy atom. The van der Waals surface area contributed by atoms with Gasteiger partial charge in [-0.15, -0.1) is 0 Å². The van der Waals surface area contributed by atoms with Crippen LogP contribution in [0.1, 0.15) is 27.2 Å². The smallest absolute Gasteiger partial charge is 0.336 e. The molecule has 3 rings (SSSR count). The molecule has 0 unspecified atom stereocenters. The lowest BCUT2D eigenvalue weighted by molar-refractivity contribution is -0.147. The number of rotatable bonds is 8. The Hall–Kier alpha value is -3.61. The number of benzene rings is 2. The standard InChI is InChI=1S/C25H27NO6/c1-5-15(2)23(25(29)30-4)26-24(28)16(3)31-18-11-12-19-20(17-9-7-6-8-10-17)14-22(27)32-21(19)13-18/h6-16,23H,5H2,1-4H3,(H,26,28)/t15-,16-,23-/m1/s1. The lowest BCUT2D eigenvalue weighted by Gasteiger charge is -2.24. The van der Waals surface area contributed by atoms with Crippen molar-refractivity contribution in [2.45, 2.75) is 39.3 Å². The monoisotopic (exact) mass is 437 g/mol. The summed E-state index contributed by atoms with van der Waals surface area (Å²) in [5, 5.41) is 3.46. The van der Waals surface area contributed by atoms with Crippen LogP contribution in [0.3, 0.4) is 0 Å². The number of esters is 1. The van der Waals surface area contributed by atoms with Gasteiger partial charge in [0, 0.05) is 17.5 Å². The predicted molar refractivity (Wildman–Crippen MR) is 121 cm³/mol. The van der Waals surface area contributed by atoms with Gasteiger partial charge in [-0.2, -0.15) is 0 Å². The van der Waals surface area contributed by atoms with Crippen LogP contribution >= 0.6 is 0 Å². The number of amides is 1. The number of ether oxygens (including phenoxy) is 2. The Morgan fingerprint density at radius 2 is 1.78 bits per heavy atom. The van der Waals surface area contributed by atoms with Crippen LogP contribution in [0.4, 0.5) is 0 Å². The van der Waals surface area contributed by atoms with E-state index in [1.54, 1.807) is 25.1 Å². The van der Waals surface area contributed by atoms with Crippen LogP contribution in [0.25, 0.3) is 22.1 Å². The molecule has 0 aliphatic heterocycles. The van der Waals surface area contributed by atoms with Crippen LogP contribution in [0, 0.1) is 5.92 Å². The number of nitrogens with one attached hydrogen (secondary N) is 1. The first-order chi connectivity index (χ1) is 15.3. The highest BCUT2D eigenvalue weighted by Crippen LogP contribution is 2.29. The highest BCUT2D eigenvalue weighted by atomic mass is 16.5. The zero-order chi connectivity index (χ0) is 23.3. The molecule has 3 aromatic rings. The Labute approximate surface area is 186 Å². The number of methoxy groups -OCH3 is 1. The molecule has 168 valence electrons. The Kier molecular flexibility index (Phi) is 7.30. The summed E-state index contributed by atoms with van der Waals surface area (Å²) in [4.78, 5) is 36.8. The summed E-state index contributed by atoms with van der Waals surface area (Å²) in [7, 11) is 1.29. The maximum atomic E-state index is 12.6. The number of carbonyl (C=O) groups excluding carboxylic acids is 2. The second kappa shape index (κ2) is 10.1. The van der Waals surface area contributed by atoms with Crippen LogP contribution in [-0.4, -0.2) is 31.1 Å². The fourth-order valence-corrected chi connectivity index (χ4v) is 3.40. The molecular weight excluding hydrogens is 410 g/mol. The lowest BCUT2D eigenvalue weighted by atomic mass is 9.99. The van der Waals surface area contributed by atoms with Gasteiger partial charge >= 0.3 is 11.6 Å². The van der Waals surface area contributed by atoms with E-state index in [9.17, 15) is 14.4 Å². The van der Waals surface area contributed by atoms with Crippen molar-refractivity contribution in [3.8, 4) is 16.9 Å². The van der Waals surface area contributed by atoms with E-state index in [2.05, 4.69) is 5.32 Å². The fourth-order valence-electron chi connectivity index (χ4n) is 3.40. The van der Waals surface area contributed by atoms with Gasteiger partial charge in [0.05, 0.1) is 7.11 Å². The average Bonchev–Trinajstić information content (AvgIpc) is 2.81. The molecule has 0 saturated carbocycles. The van der Waals surface area contributed by atoms with Crippen molar-refractivity contribution in [2.24, 2.45) is 5.92 Å². The third-order valence-electron chi connectivity index (χ3n) is 5.45. The maximum Gasteiger partial charge on any atom is 0.336 e. The number of fused-ring (bicyclic) bond motifs is 1. The Bertz CT molecular complexity index is 1150. The van der Waals surface area contributed by atoms with Gasteiger partial charge < -0.3 is 19.2 Å². The van der Waals surface area contributed by atoms with E-state index in [4.69, 9.17) is 13.9 Å². The molecule has 3 atom stereocenters. The van der Waals surface area contributed by atoms with Crippen molar-refractivity contribution >= 4 is 22.8 Å². The van der Waals surface area contributed by atoms with Gasteiger partial charge in [-0.25, -0.2) is 9.59 Å². The minimum Gasteiger partial charge on any atom is -0.481 e. The summed E-state index contributed by atoms with van der Waals surface area (Å²) in [5.41, 5.74) is 1.52. The average molecular weight is 437 g/mol. The molecule has 0 bridgehead atoms. The van der Waals surface area contributed by atoms with Gasteiger partial charge in [-0.1, -0.05) is 50.6 Å². The number of hydrogen-bond acceptors (Lipinski definition) is 6. The third-order valence-corrected chi connectivity index (χ3v) is 5.45. The molecule has 0 fully saturated rings. The largest absolute Gasteiger partial charge is 0.481 e. The van der Waals surface area contributed by atoms with Crippen molar-refractivity contribution in [3.05, 3.63) is 65.0 Å². The summed E-state index contributed by atoms with van der Waals surface area (Å²) in [5.74, 6) is -0.669. The van der Waals surface area contributed by atoms with E-state index in [-0.39, 0.29) is 5.92 Å². The summed E-state index contributed by atoms with van der Waals surface area (Å²) in [6.07, 6.45) is -0.185. The first kappa shape index (κ1) is 23.1. The van der Waals surface area contributed by atoms with Crippen molar-refractivity contribution in [2.75, 3.05) is 7.11 Å². The van der Waals surface area contributed by atoms with Crippen LogP contribution < -0.4 is 15.7 Å². The molecule has 1 N–H and O–H groups in total. The number of carbonyl (C=O) groups is 2. The van der Waals surface area contributed by atoms with Crippen LogP contribution in [0.5, 0.6) is 5.75 Å². The summed E-state index contributed by atoms with van der Waals surface area (Å²) >= 11 is 0. The zero-order valence-corrected chi connectivity index (χ0v) is 18.6. The summed E-state index contributed by atoms with van der Waals surface area (Å²) in [6, 6.07) is 15.3. The Morgan fingerprint density at radius 3 is 2.44 bits per heavy atom. The van der Waals surface area contributed by atoms with Gasteiger partial charge in [-0.05, 0) is 36.1 Å². The van der Waals surface area contributed by atoms with Gasteiger partial charge in [0.25, 0.3) is 5.91 Å².